The van der Waals surface area contributed by atoms with Gasteiger partial charge in [0.15, 0.2) is 0 Å². The average molecular weight is 151 g/mol. The molecule has 0 nitrogen and oxygen atoms in total. The first-order valence-corrected chi connectivity index (χ1v) is 3.68. The zero-order valence-corrected chi connectivity index (χ0v) is 6.23. The molecule has 0 amide bonds. The largest absolute Gasteiger partial charge is 0.0888 e. The van der Waals surface area contributed by atoms with Crippen molar-refractivity contribution in [3.63, 3.8) is 0 Å². The van der Waals surface area contributed by atoms with E-state index < -0.39 is 0 Å². The van der Waals surface area contributed by atoms with Crippen LogP contribution in [0.15, 0.2) is 46.6 Å². The molecule has 0 N–H and O–H groups in total. The van der Waals surface area contributed by atoms with E-state index in [9.17, 15) is 0 Å². The zero-order valence-electron chi connectivity index (χ0n) is 5.47. The van der Waals surface area contributed by atoms with Crippen LogP contribution in [0.2, 0.25) is 0 Å². The highest BCUT2D eigenvalue weighted by Crippen LogP contribution is 2.30. The summed E-state index contributed by atoms with van der Waals surface area (Å²) >= 11 is 5.83. The SMILES string of the molecule is ClC1=CC=C2C=CC=C2C1. The van der Waals surface area contributed by atoms with Crippen LogP contribution in [-0.2, 0) is 0 Å². The van der Waals surface area contributed by atoms with E-state index in [0.717, 1.165) is 11.5 Å². The molecule has 0 heterocycles. The monoisotopic (exact) mass is 150 g/mol. The van der Waals surface area contributed by atoms with Gasteiger partial charge in [0.25, 0.3) is 0 Å². The van der Waals surface area contributed by atoms with E-state index in [1.54, 1.807) is 0 Å². The molecule has 0 aromatic carbocycles. The highest BCUT2D eigenvalue weighted by molar-refractivity contribution is 6.30. The predicted molar refractivity (Wildman–Crippen MR) is 43.9 cm³/mol. The number of allylic oxidation sites excluding steroid dienone is 8. The lowest BCUT2D eigenvalue weighted by atomic mass is 10.0. The topological polar surface area (TPSA) is 0 Å². The molecule has 1 heteroatoms. The van der Waals surface area contributed by atoms with Gasteiger partial charge in [-0.2, -0.15) is 0 Å². The molecule has 0 unspecified atom stereocenters. The van der Waals surface area contributed by atoms with Crippen molar-refractivity contribution in [1.29, 1.82) is 0 Å². The molecule has 0 saturated heterocycles. The van der Waals surface area contributed by atoms with Crippen molar-refractivity contribution in [2.45, 2.75) is 6.42 Å². The zero-order chi connectivity index (χ0) is 6.97. The Hall–Kier alpha value is -0.750. The van der Waals surface area contributed by atoms with E-state index >= 15 is 0 Å². The highest BCUT2D eigenvalue weighted by Gasteiger charge is 2.10. The number of rotatable bonds is 0. The molecule has 2 rings (SSSR count). The molecular weight excluding hydrogens is 144 g/mol. The van der Waals surface area contributed by atoms with Crippen molar-refractivity contribution in [1.82, 2.24) is 0 Å². The Morgan fingerprint density at radius 2 is 2.10 bits per heavy atom. The fourth-order valence-corrected chi connectivity index (χ4v) is 1.42. The molecule has 0 aromatic heterocycles. The summed E-state index contributed by atoms with van der Waals surface area (Å²) in [7, 11) is 0. The van der Waals surface area contributed by atoms with E-state index in [0.29, 0.717) is 0 Å². The van der Waals surface area contributed by atoms with Gasteiger partial charge in [-0.15, -0.1) is 0 Å². The van der Waals surface area contributed by atoms with Gasteiger partial charge in [-0.3, -0.25) is 0 Å². The number of hydrogen-bond acceptors (Lipinski definition) is 0. The van der Waals surface area contributed by atoms with Gasteiger partial charge in [-0.05, 0) is 17.2 Å². The van der Waals surface area contributed by atoms with Gasteiger partial charge < -0.3 is 0 Å². The van der Waals surface area contributed by atoms with Crippen molar-refractivity contribution in [2.75, 3.05) is 0 Å². The van der Waals surface area contributed by atoms with Crippen LogP contribution in [0.3, 0.4) is 0 Å². The fourth-order valence-electron chi connectivity index (χ4n) is 1.22. The second-order valence-corrected chi connectivity index (χ2v) is 2.95. The third-order valence-electron chi connectivity index (χ3n) is 1.75. The van der Waals surface area contributed by atoms with Gasteiger partial charge in [-0.1, -0.05) is 35.9 Å². The van der Waals surface area contributed by atoms with Crippen LogP contribution < -0.4 is 0 Å². The van der Waals surface area contributed by atoms with Crippen LogP contribution in [0.25, 0.3) is 0 Å². The van der Waals surface area contributed by atoms with Crippen LogP contribution in [0.1, 0.15) is 6.42 Å². The summed E-state index contributed by atoms with van der Waals surface area (Å²) in [6.45, 7) is 0. The van der Waals surface area contributed by atoms with E-state index in [1.807, 2.05) is 6.08 Å². The summed E-state index contributed by atoms with van der Waals surface area (Å²) in [6, 6.07) is 0. The lowest BCUT2D eigenvalue weighted by Gasteiger charge is -2.07. The van der Waals surface area contributed by atoms with Crippen molar-refractivity contribution < 1.29 is 0 Å². The van der Waals surface area contributed by atoms with E-state index in [2.05, 4.69) is 24.3 Å². The average Bonchev–Trinajstić information content (AvgIpc) is 2.33. The molecule has 0 radical (unpaired) electrons. The Kier molecular flexibility index (Phi) is 1.28. The number of fused-ring (bicyclic) bond motifs is 1. The molecule has 0 bridgehead atoms. The smallest absolute Gasteiger partial charge is 0.0225 e. The third-order valence-corrected chi connectivity index (χ3v) is 2.01. The molecule has 0 atom stereocenters. The maximum atomic E-state index is 5.83. The Morgan fingerprint density at radius 3 is 3.00 bits per heavy atom. The van der Waals surface area contributed by atoms with Crippen molar-refractivity contribution in [3.8, 4) is 0 Å². The Bertz CT molecular complexity index is 277. The van der Waals surface area contributed by atoms with Gasteiger partial charge in [-0.25, -0.2) is 0 Å². The van der Waals surface area contributed by atoms with Gasteiger partial charge >= 0.3 is 0 Å². The van der Waals surface area contributed by atoms with Crippen molar-refractivity contribution in [3.05, 3.63) is 46.6 Å². The normalized spacial score (nSPS) is 21.5. The number of halogens is 1. The Labute approximate surface area is 65.2 Å². The summed E-state index contributed by atoms with van der Waals surface area (Å²) in [6.07, 6.45) is 11.2. The minimum Gasteiger partial charge on any atom is -0.0888 e. The molecule has 0 spiro atoms. The first-order chi connectivity index (χ1) is 4.86. The standard InChI is InChI=1S/C9H7Cl/c10-9-5-4-7-2-1-3-8(7)6-9/h1-5H,6H2. The minimum absolute atomic E-state index is 0.903. The lowest BCUT2D eigenvalue weighted by Crippen LogP contribution is -1.88. The maximum absolute atomic E-state index is 5.83. The first kappa shape index (κ1) is 5.99. The lowest BCUT2D eigenvalue weighted by molar-refractivity contribution is 1.21. The molecule has 0 fully saturated rings. The van der Waals surface area contributed by atoms with Gasteiger partial charge in [0.2, 0.25) is 0 Å². The van der Waals surface area contributed by atoms with Crippen LogP contribution in [0, 0.1) is 0 Å². The molecule has 50 valence electrons. The molecule has 0 aliphatic heterocycles. The van der Waals surface area contributed by atoms with E-state index in [-0.39, 0.29) is 0 Å². The van der Waals surface area contributed by atoms with E-state index in [4.69, 9.17) is 11.6 Å². The second-order valence-electron chi connectivity index (χ2n) is 2.46. The summed E-state index contributed by atoms with van der Waals surface area (Å²) in [5.41, 5.74) is 2.65. The summed E-state index contributed by atoms with van der Waals surface area (Å²) in [4.78, 5) is 0. The molecular formula is C9H7Cl. The van der Waals surface area contributed by atoms with Crippen LogP contribution in [-0.4, -0.2) is 0 Å². The molecule has 0 saturated carbocycles. The highest BCUT2D eigenvalue weighted by atomic mass is 35.5. The molecule has 2 aliphatic rings. The second kappa shape index (κ2) is 2.14. The molecule has 2 aliphatic carbocycles. The quantitative estimate of drug-likeness (QED) is 0.498. The third kappa shape index (κ3) is 0.850. The van der Waals surface area contributed by atoms with Gasteiger partial charge in [0.05, 0.1) is 0 Å². The molecule has 0 aromatic rings. The summed E-state index contributed by atoms with van der Waals surface area (Å²) in [5, 5.41) is 0.929. The first-order valence-electron chi connectivity index (χ1n) is 3.30. The van der Waals surface area contributed by atoms with E-state index in [1.165, 1.54) is 11.1 Å². The Morgan fingerprint density at radius 1 is 1.20 bits per heavy atom. The molecule has 10 heavy (non-hydrogen) atoms. The van der Waals surface area contributed by atoms with Gasteiger partial charge in [0.1, 0.15) is 0 Å². The van der Waals surface area contributed by atoms with Crippen molar-refractivity contribution in [2.24, 2.45) is 0 Å². The summed E-state index contributed by atoms with van der Waals surface area (Å²) in [5.74, 6) is 0. The van der Waals surface area contributed by atoms with Crippen LogP contribution in [0.4, 0.5) is 0 Å². The summed E-state index contributed by atoms with van der Waals surface area (Å²) < 4.78 is 0. The minimum atomic E-state index is 0.903. The van der Waals surface area contributed by atoms with Gasteiger partial charge in [0, 0.05) is 11.5 Å². The fraction of sp³-hybridized carbons (Fsp3) is 0.111. The van der Waals surface area contributed by atoms with Crippen LogP contribution >= 0.6 is 11.6 Å². The van der Waals surface area contributed by atoms with Crippen LogP contribution in [0.5, 0.6) is 0 Å². The van der Waals surface area contributed by atoms with Crippen molar-refractivity contribution >= 4 is 11.6 Å². The predicted octanol–water partition coefficient (Wildman–Crippen LogP) is 2.94. The number of hydrogen-bond donors (Lipinski definition) is 0. The Balaban J connectivity index is 2.42. The maximum Gasteiger partial charge on any atom is 0.0225 e.